The summed E-state index contributed by atoms with van der Waals surface area (Å²) >= 11 is 0. The molecule has 2 aromatic carbocycles. The molecule has 1 fully saturated rings. The predicted octanol–water partition coefficient (Wildman–Crippen LogP) is 2.94. The van der Waals surface area contributed by atoms with E-state index in [-0.39, 0.29) is 18.6 Å². The predicted molar refractivity (Wildman–Crippen MR) is 111 cm³/mol. The zero-order chi connectivity index (χ0) is 20.7. The first-order chi connectivity index (χ1) is 14.5. The van der Waals surface area contributed by atoms with E-state index >= 15 is 0 Å². The van der Waals surface area contributed by atoms with E-state index in [0.717, 1.165) is 24.8 Å². The first-order valence-corrected chi connectivity index (χ1v) is 11.8. The van der Waals surface area contributed by atoms with Gasteiger partial charge in [0.15, 0.2) is 11.5 Å². The molecule has 1 N–H and O–H groups in total. The number of ether oxygens (including phenoxy) is 2. The third-order valence-corrected chi connectivity index (χ3v) is 8.07. The number of piperidine rings is 1. The van der Waals surface area contributed by atoms with Crippen LogP contribution in [0.15, 0.2) is 41.3 Å². The highest BCUT2D eigenvalue weighted by atomic mass is 32.2. The highest BCUT2D eigenvalue weighted by Crippen LogP contribution is 2.35. The van der Waals surface area contributed by atoms with Crippen LogP contribution in [0.25, 0.3) is 0 Å². The second-order valence-electron chi connectivity index (χ2n) is 8.02. The van der Waals surface area contributed by atoms with E-state index in [1.165, 1.54) is 9.87 Å². The molecular formula is C22H24N2O5S. The fraction of sp³-hybridized carbons (Fsp3) is 0.409. The molecule has 0 unspecified atom stereocenters. The van der Waals surface area contributed by atoms with Crippen molar-refractivity contribution >= 4 is 21.6 Å². The van der Waals surface area contributed by atoms with E-state index in [0.29, 0.717) is 48.0 Å². The fourth-order valence-electron chi connectivity index (χ4n) is 4.43. The third-order valence-electron chi connectivity index (χ3n) is 6.17. The van der Waals surface area contributed by atoms with Gasteiger partial charge in [-0.05, 0) is 67.5 Å². The van der Waals surface area contributed by atoms with Crippen LogP contribution in [0.1, 0.15) is 30.4 Å². The van der Waals surface area contributed by atoms with Crippen molar-refractivity contribution in [3.63, 3.8) is 0 Å². The minimum absolute atomic E-state index is 0.0940. The number of nitrogens with zero attached hydrogens (tertiary/aromatic N) is 1. The number of carbonyl (C=O) groups excluding carboxylic acids is 1. The van der Waals surface area contributed by atoms with Gasteiger partial charge in [0.1, 0.15) is 0 Å². The zero-order valence-corrected chi connectivity index (χ0v) is 17.4. The van der Waals surface area contributed by atoms with Gasteiger partial charge in [0.2, 0.25) is 22.7 Å². The molecule has 8 heteroatoms. The maximum Gasteiger partial charge on any atom is 0.243 e. The van der Waals surface area contributed by atoms with Crippen molar-refractivity contribution in [1.82, 2.24) is 4.31 Å². The Morgan fingerprint density at radius 1 is 0.967 bits per heavy atom. The Balaban J connectivity index is 1.22. The lowest BCUT2D eigenvalue weighted by Gasteiger charge is -2.30. The van der Waals surface area contributed by atoms with E-state index in [1.54, 1.807) is 24.3 Å². The molecule has 1 amide bonds. The van der Waals surface area contributed by atoms with E-state index in [2.05, 4.69) is 5.32 Å². The zero-order valence-electron chi connectivity index (χ0n) is 16.6. The van der Waals surface area contributed by atoms with Gasteiger partial charge in [0.25, 0.3) is 0 Å². The number of fused-ring (bicyclic) bond motifs is 2. The highest BCUT2D eigenvalue weighted by molar-refractivity contribution is 7.89. The van der Waals surface area contributed by atoms with Crippen molar-refractivity contribution in [1.29, 1.82) is 0 Å². The average molecular weight is 429 g/mol. The molecule has 0 radical (unpaired) electrons. The van der Waals surface area contributed by atoms with Crippen LogP contribution in [-0.2, 0) is 27.7 Å². The molecule has 1 saturated heterocycles. The number of hydrogen-bond donors (Lipinski definition) is 1. The summed E-state index contributed by atoms with van der Waals surface area (Å²) in [6.45, 7) is 0.876. The first-order valence-electron chi connectivity index (χ1n) is 10.3. The Morgan fingerprint density at radius 2 is 1.73 bits per heavy atom. The Hall–Kier alpha value is -2.58. The monoisotopic (exact) mass is 428 g/mol. The summed E-state index contributed by atoms with van der Waals surface area (Å²) in [4.78, 5) is 13.0. The first kappa shape index (κ1) is 19.4. The molecule has 0 bridgehead atoms. The van der Waals surface area contributed by atoms with Gasteiger partial charge in [0.05, 0.1) is 4.90 Å². The molecule has 5 rings (SSSR count). The highest BCUT2D eigenvalue weighted by Gasteiger charge is 2.32. The molecule has 1 aliphatic carbocycles. The van der Waals surface area contributed by atoms with Crippen LogP contribution in [0.3, 0.4) is 0 Å². The molecule has 2 aromatic rings. The molecule has 7 nitrogen and oxygen atoms in total. The van der Waals surface area contributed by atoms with Crippen molar-refractivity contribution in [2.24, 2.45) is 5.92 Å². The van der Waals surface area contributed by atoms with Gasteiger partial charge in [-0.15, -0.1) is 0 Å². The fourth-order valence-corrected chi connectivity index (χ4v) is 5.96. The summed E-state index contributed by atoms with van der Waals surface area (Å²) in [5.74, 6) is 0.964. The molecule has 0 aromatic heterocycles. The van der Waals surface area contributed by atoms with E-state index < -0.39 is 10.0 Å². The normalized spacial score (nSPS) is 18.9. The SMILES string of the molecule is O=C(Nc1ccc2c(c1)OCO2)C1CCN(S(=O)(=O)c2ccc3c(c2)CCC3)CC1. The number of aryl methyl sites for hydroxylation is 2. The van der Waals surface area contributed by atoms with Gasteiger partial charge in [-0.2, -0.15) is 4.31 Å². The van der Waals surface area contributed by atoms with Crippen LogP contribution >= 0.6 is 0 Å². The van der Waals surface area contributed by atoms with Gasteiger partial charge < -0.3 is 14.8 Å². The van der Waals surface area contributed by atoms with Crippen LogP contribution in [-0.4, -0.2) is 38.5 Å². The number of amides is 1. The Morgan fingerprint density at radius 3 is 2.57 bits per heavy atom. The number of hydrogen-bond acceptors (Lipinski definition) is 5. The van der Waals surface area contributed by atoms with E-state index in [9.17, 15) is 13.2 Å². The van der Waals surface area contributed by atoms with Crippen molar-refractivity contribution < 1.29 is 22.7 Å². The Kier molecular flexibility index (Phi) is 4.91. The topological polar surface area (TPSA) is 84.9 Å². The van der Waals surface area contributed by atoms with Crippen LogP contribution < -0.4 is 14.8 Å². The summed E-state index contributed by atoms with van der Waals surface area (Å²) in [7, 11) is -3.53. The van der Waals surface area contributed by atoms with Gasteiger partial charge in [-0.3, -0.25) is 4.79 Å². The maximum absolute atomic E-state index is 13.1. The summed E-state index contributed by atoms with van der Waals surface area (Å²) in [5.41, 5.74) is 3.05. The lowest BCUT2D eigenvalue weighted by molar-refractivity contribution is -0.120. The van der Waals surface area contributed by atoms with Crippen molar-refractivity contribution in [3.05, 3.63) is 47.5 Å². The van der Waals surface area contributed by atoms with Crippen LogP contribution in [0.2, 0.25) is 0 Å². The molecule has 3 aliphatic rings. The molecule has 30 heavy (non-hydrogen) atoms. The smallest absolute Gasteiger partial charge is 0.243 e. The summed E-state index contributed by atoms with van der Waals surface area (Å²) in [6.07, 6.45) is 4.06. The number of sulfonamides is 1. The second-order valence-corrected chi connectivity index (χ2v) is 9.96. The van der Waals surface area contributed by atoms with Gasteiger partial charge >= 0.3 is 0 Å². The van der Waals surface area contributed by atoms with Gasteiger partial charge in [-0.25, -0.2) is 8.42 Å². The van der Waals surface area contributed by atoms with Crippen LogP contribution in [0.5, 0.6) is 11.5 Å². The second kappa shape index (κ2) is 7.59. The Bertz CT molecular complexity index is 1090. The Labute approximate surface area is 176 Å². The number of carbonyl (C=O) groups is 1. The van der Waals surface area contributed by atoms with Gasteiger partial charge in [-0.1, -0.05) is 6.07 Å². The quantitative estimate of drug-likeness (QED) is 0.809. The molecule has 0 saturated carbocycles. The lowest BCUT2D eigenvalue weighted by atomic mass is 9.97. The lowest BCUT2D eigenvalue weighted by Crippen LogP contribution is -2.41. The summed E-state index contributed by atoms with van der Waals surface area (Å²) in [5, 5.41) is 2.91. The number of anilines is 1. The molecule has 158 valence electrons. The minimum atomic E-state index is -3.53. The maximum atomic E-state index is 13.1. The van der Waals surface area contributed by atoms with Crippen LogP contribution in [0.4, 0.5) is 5.69 Å². The molecule has 2 aliphatic heterocycles. The van der Waals surface area contributed by atoms with Crippen molar-refractivity contribution in [2.45, 2.75) is 37.0 Å². The van der Waals surface area contributed by atoms with E-state index in [1.807, 2.05) is 12.1 Å². The van der Waals surface area contributed by atoms with Gasteiger partial charge in [0, 0.05) is 30.8 Å². The molecule has 2 heterocycles. The average Bonchev–Trinajstić information content (AvgIpc) is 3.42. The van der Waals surface area contributed by atoms with E-state index in [4.69, 9.17) is 9.47 Å². The largest absolute Gasteiger partial charge is 0.454 e. The number of nitrogens with one attached hydrogen (secondary N) is 1. The molecular weight excluding hydrogens is 404 g/mol. The summed E-state index contributed by atoms with van der Waals surface area (Å²) < 4.78 is 38.3. The molecule has 0 atom stereocenters. The van der Waals surface area contributed by atoms with Crippen LogP contribution in [0, 0.1) is 5.92 Å². The van der Waals surface area contributed by atoms with Crippen molar-refractivity contribution in [3.8, 4) is 11.5 Å². The molecule has 0 spiro atoms. The summed E-state index contributed by atoms with van der Waals surface area (Å²) in [6, 6.07) is 10.8. The number of rotatable bonds is 4. The standard InChI is InChI=1S/C22H24N2O5S/c25-22(23-18-5-7-20-21(13-18)29-14-28-20)16-8-10-24(11-9-16)30(26,27)19-6-4-15-2-1-3-17(15)12-19/h4-7,12-13,16H,1-3,8-11,14H2,(H,23,25). The third kappa shape index (κ3) is 3.54. The minimum Gasteiger partial charge on any atom is -0.454 e. The number of benzene rings is 2. The van der Waals surface area contributed by atoms with Crippen molar-refractivity contribution in [2.75, 3.05) is 25.2 Å².